The molecule has 2 unspecified atom stereocenters. The lowest BCUT2D eigenvalue weighted by Crippen LogP contribution is -2.56. The van der Waals surface area contributed by atoms with E-state index >= 15 is 0 Å². The fourth-order valence-corrected chi connectivity index (χ4v) is 4.87. The predicted octanol–water partition coefficient (Wildman–Crippen LogP) is 4.39. The minimum atomic E-state index is 0.0859. The van der Waals surface area contributed by atoms with E-state index in [9.17, 15) is 4.79 Å². The van der Waals surface area contributed by atoms with Crippen molar-refractivity contribution < 1.29 is 4.79 Å². The lowest BCUT2D eigenvalue weighted by atomic mass is 9.77. The number of aromatic amines is 1. The molecule has 2 aromatic heterocycles. The van der Waals surface area contributed by atoms with Gasteiger partial charge < -0.3 is 9.88 Å². The molecule has 6 heteroatoms. The summed E-state index contributed by atoms with van der Waals surface area (Å²) in [7, 11) is 1.93. The third-order valence-electron chi connectivity index (χ3n) is 6.58. The second kappa shape index (κ2) is 6.29. The first-order valence-corrected chi connectivity index (χ1v) is 10.5. The number of nitrogens with one attached hydrogen (secondary N) is 1. The summed E-state index contributed by atoms with van der Waals surface area (Å²) in [5, 5.41) is 4.29. The molecule has 1 saturated heterocycles. The molecule has 30 heavy (non-hydrogen) atoms. The number of amides is 1. The lowest BCUT2D eigenvalue weighted by Gasteiger charge is -2.48. The van der Waals surface area contributed by atoms with Gasteiger partial charge in [0, 0.05) is 24.5 Å². The van der Waals surface area contributed by atoms with E-state index in [4.69, 9.17) is 0 Å². The zero-order valence-corrected chi connectivity index (χ0v) is 17.0. The molecule has 1 amide bonds. The largest absolute Gasteiger partial charge is 0.345 e. The van der Waals surface area contributed by atoms with Crippen molar-refractivity contribution in [3.63, 3.8) is 0 Å². The van der Waals surface area contributed by atoms with Gasteiger partial charge in [-0.25, -0.2) is 4.98 Å². The molecule has 6 rings (SSSR count). The summed E-state index contributed by atoms with van der Waals surface area (Å²) in [6.07, 6.45) is 7.93. The minimum Gasteiger partial charge on any atom is -0.345 e. The topological polar surface area (TPSA) is 66.8 Å². The molecule has 1 saturated carbocycles. The van der Waals surface area contributed by atoms with Gasteiger partial charge in [0.15, 0.2) is 0 Å². The molecule has 2 fully saturated rings. The number of nitrogens with zero attached hydrogens (tertiary/aromatic N) is 4. The molecule has 1 aliphatic heterocycles. The summed E-state index contributed by atoms with van der Waals surface area (Å²) in [6, 6.07) is 12.7. The average Bonchev–Trinajstić information content (AvgIpc) is 3.26. The molecule has 0 radical (unpaired) electrons. The van der Waals surface area contributed by atoms with Gasteiger partial charge in [-0.1, -0.05) is 18.2 Å². The summed E-state index contributed by atoms with van der Waals surface area (Å²) >= 11 is 0. The first kappa shape index (κ1) is 17.4. The molecule has 150 valence electrons. The van der Waals surface area contributed by atoms with Crippen molar-refractivity contribution in [3.05, 3.63) is 66.2 Å². The molecular weight excluding hydrogens is 374 g/mol. The number of benzene rings is 2. The SMILES string of the molecule is Cc1cc(-c2cnn(C)c2)ccc1C1C(C2CC2)C(=O)N1c1ccc2[nH]cnc2c1. The molecule has 1 aliphatic carbocycles. The number of rotatable bonds is 4. The number of aromatic nitrogens is 4. The first-order valence-electron chi connectivity index (χ1n) is 10.5. The number of aryl methyl sites for hydroxylation is 2. The quantitative estimate of drug-likeness (QED) is 0.520. The second-order valence-electron chi connectivity index (χ2n) is 8.59. The van der Waals surface area contributed by atoms with E-state index in [0.29, 0.717) is 5.92 Å². The van der Waals surface area contributed by atoms with Crippen LogP contribution in [0.4, 0.5) is 5.69 Å². The maximum Gasteiger partial charge on any atom is 0.233 e. The Kier molecular flexibility index (Phi) is 3.66. The molecule has 2 aliphatic rings. The molecule has 0 spiro atoms. The standard InChI is InChI=1S/C24H23N5O/c1-14-9-16(17-11-27-28(2)12-17)5-7-19(14)23-22(15-3-4-15)24(30)29(23)18-6-8-20-21(10-18)26-13-25-20/h5-13,15,22-23H,3-4H2,1-2H3,(H,25,26). The van der Waals surface area contributed by atoms with E-state index in [0.717, 1.165) is 40.7 Å². The normalized spacial score (nSPS) is 21.3. The predicted molar refractivity (Wildman–Crippen MR) is 116 cm³/mol. The third-order valence-corrected chi connectivity index (χ3v) is 6.58. The number of β-lactam (4-membered cyclic amide) rings is 1. The molecule has 2 atom stereocenters. The zero-order chi connectivity index (χ0) is 20.4. The Bertz CT molecular complexity index is 1280. The second-order valence-corrected chi connectivity index (χ2v) is 8.59. The maximum absolute atomic E-state index is 13.2. The highest BCUT2D eigenvalue weighted by Gasteiger charge is 2.55. The van der Waals surface area contributed by atoms with Gasteiger partial charge in [0.1, 0.15) is 0 Å². The van der Waals surface area contributed by atoms with Gasteiger partial charge in [0.25, 0.3) is 0 Å². The molecular formula is C24H23N5O. The minimum absolute atomic E-state index is 0.0859. The van der Waals surface area contributed by atoms with E-state index in [2.05, 4.69) is 40.2 Å². The van der Waals surface area contributed by atoms with Crippen molar-refractivity contribution in [2.75, 3.05) is 4.90 Å². The highest BCUT2D eigenvalue weighted by Crippen LogP contribution is 2.54. The van der Waals surface area contributed by atoms with Crippen LogP contribution in [0.2, 0.25) is 0 Å². The van der Waals surface area contributed by atoms with E-state index in [-0.39, 0.29) is 17.9 Å². The summed E-state index contributed by atoms with van der Waals surface area (Å²) in [4.78, 5) is 22.7. The van der Waals surface area contributed by atoms with Crippen LogP contribution in [0.5, 0.6) is 0 Å². The average molecular weight is 397 g/mol. The van der Waals surface area contributed by atoms with Crippen molar-refractivity contribution in [2.24, 2.45) is 18.9 Å². The van der Waals surface area contributed by atoms with Crippen molar-refractivity contribution in [3.8, 4) is 11.1 Å². The van der Waals surface area contributed by atoms with Crippen LogP contribution in [-0.4, -0.2) is 25.7 Å². The number of H-pyrrole nitrogens is 1. The van der Waals surface area contributed by atoms with Crippen LogP contribution in [0.3, 0.4) is 0 Å². The Morgan fingerprint density at radius 2 is 1.97 bits per heavy atom. The van der Waals surface area contributed by atoms with Gasteiger partial charge in [-0.2, -0.15) is 5.10 Å². The van der Waals surface area contributed by atoms with Gasteiger partial charge in [-0.05, 0) is 60.6 Å². The summed E-state index contributed by atoms with van der Waals surface area (Å²) < 4.78 is 1.82. The highest BCUT2D eigenvalue weighted by atomic mass is 16.2. The fourth-order valence-electron chi connectivity index (χ4n) is 4.87. The van der Waals surface area contributed by atoms with E-state index in [1.54, 1.807) is 6.33 Å². The maximum atomic E-state index is 13.2. The van der Waals surface area contributed by atoms with Crippen molar-refractivity contribution in [1.82, 2.24) is 19.7 Å². The lowest BCUT2D eigenvalue weighted by molar-refractivity contribution is -0.131. The van der Waals surface area contributed by atoms with Gasteiger partial charge in [0.2, 0.25) is 5.91 Å². The number of hydrogen-bond acceptors (Lipinski definition) is 3. The monoisotopic (exact) mass is 397 g/mol. The highest BCUT2D eigenvalue weighted by molar-refractivity contribution is 6.04. The van der Waals surface area contributed by atoms with Crippen LogP contribution in [0, 0.1) is 18.8 Å². The Balaban J connectivity index is 1.41. The van der Waals surface area contributed by atoms with E-state index in [1.807, 2.05) is 47.2 Å². The molecule has 2 aromatic carbocycles. The Morgan fingerprint density at radius 1 is 1.10 bits per heavy atom. The van der Waals surface area contributed by atoms with Crippen molar-refractivity contribution in [1.29, 1.82) is 0 Å². The van der Waals surface area contributed by atoms with E-state index in [1.165, 1.54) is 11.1 Å². The van der Waals surface area contributed by atoms with Gasteiger partial charge in [0.05, 0.1) is 35.5 Å². The van der Waals surface area contributed by atoms with Gasteiger partial charge in [-0.15, -0.1) is 0 Å². The first-order chi connectivity index (χ1) is 14.6. The van der Waals surface area contributed by atoms with Crippen LogP contribution in [0.25, 0.3) is 22.2 Å². The zero-order valence-electron chi connectivity index (χ0n) is 17.0. The number of hydrogen-bond donors (Lipinski definition) is 1. The Labute approximate surface area is 174 Å². The van der Waals surface area contributed by atoms with Crippen LogP contribution >= 0.6 is 0 Å². The number of carbonyl (C=O) groups is 1. The van der Waals surface area contributed by atoms with Crippen molar-refractivity contribution in [2.45, 2.75) is 25.8 Å². The summed E-state index contributed by atoms with van der Waals surface area (Å²) in [6.45, 7) is 2.15. The summed E-state index contributed by atoms with van der Waals surface area (Å²) in [5.74, 6) is 0.848. The van der Waals surface area contributed by atoms with E-state index < -0.39 is 0 Å². The molecule has 1 N–H and O–H groups in total. The number of fused-ring (bicyclic) bond motifs is 1. The van der Waals surface area contributed by atoms with Crippen LogP contribution < -0.4 is 4.90 Å². The van der Waals surface area contributed by atoms with Crippen LogP contribution in [0.1, 0.15) is 30.0 Å². The molecule has 0 bridgehead atoms. The smallest absolute Gasteiger partial charge is 0.233 e. The number of carbonyl (C=O) groups excluding carboxylic acids is 1. The molecule has 4 aromatic rings. The Morgan fingerprint density at radius 3 is 2.70 bits per heavy atom. The fraction of sp³-hybridized carbons (Fsp3) is 0.292. The number of anilines is 1. The molecule has 3 heterocycles. The van der Waals surface area contributed by atoms with Gasteiger partial charge in [-0.3, -0.25) is 9.48 Å². The number of imidazole rings is 1. The third kappa shape index (κ3) is 2.60. The van der Waals surface area contributed by atoms with Crippen LogP contribution in [-0.2, 0) is 11.8 Å². The summed E-state index contributed by atoms with van der Waals surface area (Å²) in [5.41, 5.74) is 7.51. The molecule has 6 nitrogen and oxygen atoms in total. The van der Waals surface area contributed by atoms with Crippen molar-refractivity contribution >= 4 is 22.6 Å². The Hall–Kier alpha value is -3.41. The van der Waals surface area contributed by atoms with Gasteiger partial charge >= 0.3 is 0 Å². The van der Waals surface area contributed by atoms with Crippen LogP contribution in [0.15, 0.2) is 55.1 Å².